The molecule has 3 aromatic rings. The Morgan fingerprint density at radius 3 is 2.70 bits per heavy atom. The number of hydrogen-bond acceptors (Lipinski definition) is 6. The van der Waals surface area contributed by atoms with Crippen LogP contribution in [0.25, 0.3) is 11.6 Å². The molecule has 0 radical (unpaired) electrons. The van der Waals surface area contributed by atoms with Gasteiger partial charge in [0.25, 0.3) is 0 Å². The molecule has 0 bridgehead atoms. The van der Waals surface area contributed by atoms with Gasteiger partial charge in [-0.15, -0.1) is 10.2 Å². The quantitative estimate of drug-likeness (QED) is 0.411. The monoisotopic (exact) mass is 423 g/mol. The minimum absolute atomic E-state index is 0.598. The molecule has 158 valence electrons. The van der Waals surface area contributed by atoms with Crippen molar-refractivity contribution in [2.75, 3.05) is 25.4 Å². The standard InChI is InChI=1S/C23H29N5OS/c1-17-20(29-16-24-17)21-25-26-22(27(21)2)30-14-6-11-28-12-9-23(10-13-28)15-19(23)18-7-4-3-5-8-18/h3-5,7-8,16,19H,6,9-15H2,1-2H3. The van der Waals surface area contributed by atoms with Crippen LogP contribution in [0.4, 0.5) is 0 Å². The lowest BCUT2D eigenvalue weighted by atomic mass is 9.88. The molecule has 30 heavy (non-hydrogen) atoms. The van der Waals surface area contributed by atoms with E-state index >= 15 is 0 Å². The summed E-state index contributed by atoms with van der Waals surface area (Å²) in [7, 11) is 1.99. The Morgan fingerprint density at radius 1 is 1.17 bits per heavy atom. The SMILES string of the molecule is Cc1ncoc1-c1nnc(SCCCN2CCC3(CC2)CC3c2ccccc2)n1C. The third-order valence-corrected chi connectivity index (χ3v) is 7.98. The van der Waals surface area contributed by atoms with Crippen LogP contribution in [0.1, 0.15) is 42.9 Å². The molecule has 0 amide bonds. The van der Waals surface area contributed by atoms with Crippen molar-refractivity contribution in [3.05, 3.63) is 48.0 Å². The first-order valence-electron chi connectivity index (χ1n) is 10.9. The highest BCUT2D eigenvalue weighted by molar-refractivity contribution is 7.99. The zero-order valence-electron chi connectivity index (χ0n) is 17.8. The van der Waals surface area contributed by atoms with Crippen LogP contribution in [0.5, 0.6) is 0 Å². The average molecular weight is 424 g/mol. The molecule has 7 heteroatoms. The fourth-order valence-electron chi connectivity index (χ4n) is 4.89. The van der Waals surface area contributed by atoms with Gasteiger partial charge < -0.3 is 13.9 Å². The molecule has 1 saturated carbocycles. The van der Waals surface area contributed by atoms with Crippen molar-refractivity contribution in [3.8, 4) is 11.6 Å². The number of piperidine rings is 1. The zero-order chi connectivity index (χ0) is 20.6. The Kier molecular flexibility index (Phi) is 5.41. The van der Waals surface area contributed by atoms with Gasteiger partial charge >= 0.3 is 0 Å². The summed E-state index contributed by atoms with van der Waals surface area (Å²) >= 11 is 1.77. The molecule has 1 atom stereocenters. The lowest BCUT2D eigenvalue weighted by molar-refractivity contribution is 0.170. The minimum atomic E-state index is 0.598. The summed E-state index contributed by atoms with van der Waals surface area (Å²) < 4.78 is 7.46. The average Bonchev–Trinajstić information content (AvgIpc) is 3.09. The van der Waals surface area contributed by atoms with E-state index in [0.717, 1.165) is 28.3 Å². The molecule has 2 fully saturated rings. The van der Waals surface area contributed by atoms with Crippen molar-refractivity contribution >= 4 is 11.8 Å². The topological polar surface area (TPSA) is 60.0 Å². The molecule has 1 saturated heterocycles. The van der Waals surface area contributed by atoms with E-state index in [-0.39, 0.29) is 0 Å². The molecule has 1 unspecified atom stereocenters. The lowest BCUT2D eigenvalue weighted by Crippen LogP contribution is -2.35. The van der Waals surface area contributed by atoms with Crippen LogP contribution in [0.3, 0.4) is 0 Å². The number of benzene rings is 1. The number of oxazole rings is 1. The Morgan fingerprint density at radius 2 is 1.97 bits per heavy atom. The fourth-order valence-corrected chi connectivity index (χ4v) is 5.72. The van der Waals surface area contributed by atoms with E-state index < -0.39 is 0 Å². The van der Waals surface area contributed by atoms with Crippen LogP contribution in [0, 0.1) is 12.3 Å². The second kappa shape index (κ2) is 8.19. The molecule has 6 nitrogen and oxygen atoms in total. The molecule has 1 aliphatic heterocycles. The smallest absolute Gasteiger partial charge is 0.202 e. The van der Waals surface area contributed by atoms with Gasteiger partial charge in [-0.2, -0.15) is 0 Å². The van der Waals surface area contributed by atoms with Gasteiger partial charge in [0.05, 0.1) is 5.69 Å². The first kappa shape index (κ1) is 19.8. The number of nitrogens with zero attached hydrogens (tertiary/aromatic N) is 5. The zero-order valence-corrected chi connectivity index (χ0v) is 18.6. The van der Waals surface area contributed by atoms with Crippen LogP contribution in [-0.2, 0) is 7.05 Å². The van der Waals surface area contributed by atoms with Crippen LogP contribution in [0.15, 0.2) is 46.3 Å². The number of aryl methyl sites for hydroxylation is 1. The normalized spacial score (nSPS) is 20.7. The van der Waals surface area contributed by atoms with Gasteiger partial charge in [0.15, 0.2) is 17.3 Å². The van der Waals surface area contributed by atoms with E-state index in [1.54, 1.807) is 17.3 Å². The maximum atomic E-state index is 5.46. The minimum Gasteiger partial charge on any atom is -0.440 e. The summed E-state index contributed by atoms with van der Waals surface area (Å²) in [4.78, 5) is 6.79. The first-order valence-corrected chi connectivity index (χ1v) is 11.8. The number of aromatic nitrogens is 4. The lowest BCUT2D eigenvalue weighted by Gasteiger charge is -2.33. The first-order chi connectivity index (χ1) is 14.7. The van der Waals surface area contributed by atoms with Gasteiger partial charge in [-0.1, -0.05) is 42.1 Å². The predicted molar refractivity (Wildman–Crippen MR) is 118 cm³/mol. The highest BCUT2D eigenvalue weighted by Crippen LogP contribution is 2.64. The molecule has 1 aliphatic carbocycles. The number of likely N-dealkylation sites (tertiary alicyclic amines) is 1. The molecule has 1 spiro atoms. The fraction of sp³-hybridized carbons (Fsp3) is 0.522. The van der Waals surface area contributed by atoms with Gasteiger partial charge in [0.2, 0.25) is 5.82 Å². The van der Waals surface area contributed by atoms with Gasteiger partial charge in [-0.3, -0.25) is 0 Å². The van der Waals surface area contributed by atoms with Gasteiger partial charge in [0, 0.05) is 12.8 Å². The maximum Gasteiger partial charge on any atom is 0.202 e. The van der Waals surface area contributed by atoms with Crippen LogP contribution >= 0.6 is 11.8 Å². The number of hydrogen-bond donors (Lipinski definition) is 0. The maximum absolute atomic E-state index is 5.46. The molecule has 2 aromatic heterocycles. The van der Waals surface area contributed by atoms with Crippen molar-refractivity contribution in [1.82, 2.24) is 24.6 Å². The second-order valence-corrected chi connectivity index (χ2v) is 9.77. The summed E-state index contributed by atoms with van der Waals surface area (Å²) in [6.45, 7) is 5.58. The summed E-state index contributed by atoms with van der Waals surface area (Å²) in [5.41, 5.74) is 2.99. The van der Waals surface area contributed by atoms with E-state index in [2.05, 4.69) is 50.4 Å². The molecule has 0 N–H and O–H groups in total. The Bertz CT molecular complexity index is 990. The highest BCUT2D eigenvalue weighted by atomic mass is 32.2. The third-order valence-electron chi connectivity index (χ3n) is 6.88. The van der Waals surface area contributed by atoms with E-state index in [1.807, 2.05) is 18.5 Å². The molecule has 2 aliphatic rings. The predicted octanol–water partition coefficient (Wildman–Crippen LogP) is 4.53. The second-order valence-electron chi connectivity index (χ2n) is 8.71. The van der Waals surface area contributed by atoms with Gasteiger partial charge in [-0.25, -0.2) is 4.98 Å². The highest BCUT2D eigenvalue weighted by Gasteiger charge is 2.54. The van der Waals surface area contributed by atoms with Gasteiger partial charge in [0.1, 0.15) is 0 Å². The van der Waals surface area contributed by atoms with Crippen molar-refractivity contribution < 1.29 is 4.42 Å². The van der Waals surface area contributed by atoms with Gasteiger partial charge in [-0.05, 0) is 69.1 Å². The van der Waals surface area contributed by atoms with Crippen molar-refractivity contribution in [3.63, 3.8) is 0 Å². The Labute approximate surface area is 182 Å². The molecule has 1 aromatic carbocycles. The summed E-state index contributed by atoms with van der Waals surface area (Å²) in [6.07, 6.45) is 6.72. The van der Waals surface area contributed by atoms with Crippen molar-refractivity contribution in [1.29, 1.82) is 0 Å². The molecule has 5 rings (SSSR count). The Hall–Kier alpha value is -2.12. The molecular formula is C23H29N5OS. The summed E-state index contributed by atoms with van der Waals surface area (Å²) in [5.74, 6) is 3.30. The van der Waals surface area contributed by atoms with E-state index in [4.69, 9.17) is 4.42 Å². The Balaban J connectivity index is 1.06. The summed E-state index contributed by atoms with van der Waals surface area (Å²) in [6, 6.07) is 11.1. The van der Waals surface area contributed by atoms with Crippen molar-refractivity contribution in [2.24, 2.45) is 12.5 Å². The van der Waals surface area contributed by atoms with Crippen LogP contribution < -0.4 is 0 Å². The molecule has 3 heterocycles. The molecular weight excluding hydrogens is 394 g/mol. The summed E-state index contributed by atoms with van der Waals surface area (Å²) in [5, 5.41) is 9.56. The van der Waals surface area contributed by atoms with Crippen molar-refractivity contribution in [2.45, 2.75) is 43.7 Å². The largest absolute Gasteiger partial charge is 0.440 e. The third kappa shape index (κ3) is 3.81. The van der Waals surface area contributed by atoms with E-state index in [0.29, 0.717) is 11.2 Å². The van der Waals surface area contributed by atoms with E-state index in [9.17, 15) is 0 Å². The number of rotatable bonds is 7. The van der Waals surface area contributed by atoms with E-state index in [1.165, 1.54) is 51.7 Å². The van der Waals surface area contributed by atoms with Crippen LogP contribution in [0.2, 0.25) is 0 Å². The van der Waals surface area contributed by atoms with Crippen LogP contribution in [-0.4, -0.2) is 50.0 Å². The number of thioether (sulfide) groups is 1.